The largest absolute Gasteiger partial charge is 0.351 e. The monoisotopic (exact) mass is 199 g/mol. The molecule has 0 aromatic heterocycles. The zero-order valence-electron chi connectivity index (χ0n) is 8.05. The molecule has 0 bridgehead atoms. The molecule has 1 rings (SSSR count). The fourth-order valence-electron chi connectivity index (χ4n) is 1.58. The topological polar surface area (TPSA) is 29.1 Å². The van der Waals surface area contributed by atoms with E-state index in [1.54, 1.807) is 0 Å². The first-order valence-corrected chi connectivity index (χ1v) is 5.36. The molecule has 1 N–H and O–H groups in total. The molecule has 0 aromatic rings. The van der Waals surface area contributed by atoms with Crippen molar-refractivity contribution in [3.05, 3.63) is 12.2 Å². The highest BCUT2D eigenvalue weighted by molar-refractivity contribution is 7.80. The Kier molecular flexibility index (Phi) is 3.85. The Morgan fingerprint density at radius 1 is 1.62 bits per heavy atom. The minimum Gasteiger partial charge on any atom is -0.351 e. The van der Waals surface area contributed by atoms with E-state index in [9.17, 15) is 4.79 Å². The van der Waals surface area contributed by atoms with Gasteiger partial charge in [0.25, 0.3) is 0 Å². The molecule has 1 unspecified atom stereocenters. The molecule has 0 saturated heterocycles. The van der Waals surface area contributed by atoms with Crippen molar-refractivity contribution in [3.63, 3.8) is 0 Å². The first-order valence-electron chi connectivity index (χ1n) is 4.73. The molecule has 2 nitrogen and oxygen atoms in total. The molecule has 1 aliphatic rings. The minimum absolute atomic E-state index is 0.0191. The summed E-state index contributed by atoms with van der Waals surface area (Å²) in [5, 5.41) is 3.06. The summed E-state index contributed by atoms with van der Waals surface area (Å²) in [4.78, 5) is 11.3. The SMILES string of the molecule is CC1(NC(=O)CCS)CC=CCC1. The van der Waals surface area contributed by atoms with Crippen LogP contribution in [0.3, 0.4) is 0 Å². The summed E-state index contributed by atoms with van der Waals surface area (Å²) in [5.41, 5.74) is -0.0191. The smallest absolute Gasteiger partial charge is 0.221 e. The number of amides is 1. The molecule has 0 saturated carbocycles. The van der Waals surface area contributed by atoms with Gasteiger partial charge in [-0.25, -0.2) is 0 Å². The molecule has 0 aliphatic heterocycles. The van der Waals surface area contributed by atoms with Crippen molar-refractivity contribution in [1.29, 1.82) is 0 Å². The first kappa shape index (κ1) is 10.6. The van der Waals surface area contributed by atoms with Gasteiger partial charge in [0.1, 0.15) is 0 Å². The van der Waals surface area contributed by atoms with Gasteiger partial charge >= 0.3 is 0 Å². The molecular formula is C10H17NOS. The molecule has 13 heavy (non-hydrogen) atoms. The third-order valence-electron chi connectivity index (χ3n) is 2.38. The van der Waals surface area contributed by atoms with E-state index >= 15 is 0 Å². The van der Waals surface area contributed by atoms with Gasteiger partial charge in [0, 0.05) is 12.0 Å². The van der Waals surface area contributed by atoms with Crippen LogP contribution < -0.4 is 5.32 Å². The second-order valence-electron chi connectivity index (χ2n) is 3.80. The van der Waals surface area contributed by atoms with Crippen LogP contribution >= 0.6 is 12.6 Å². The van der Waals surface area contributed by atoms with Crippen molar-refractivity contribution in [2.24, 2.45) is 0 Å². The van der Waals surface area contributed by atoms with Crippen LogP contribution in [0.5, 0.6) is 0 Å². The molecule has 0 fully saturated rings. The van der Waals surface area contributed by atoms with Gasteiger partial charge in [0.15, 0.2) is 0 Å². The molecule has 3 heteroatoms. The second-order valence-corrected chi connectivity index (χ2v) is 4.24. The summed E-state index contributed by atoms with van der Waals surface area (Å²) in [7, 11) is 0. The molecule has 1 amide bonds. The second kappa shape index (κ2) is 4.70. The number of hydrogen-bond donors (Lipinski definition) is 2. The summed E-state index contributed by atoms with van der Waals surface area (Å²) in [5.74, 6) is 0.741. The molecule has 0 heterocycles. The summed E-state index contributed by atoms with van der Waals surface area (Å²) < 4.78 is 0. The Balaban J connectivity index is 2.41. The zero-order valence-corrected chi connectivity index (χ0v) is 8.94. The van der Waals surface area contributed by atoms with Gasteiger partial charge in [-0.15, -0.1) is 0 Å². The van der Waals surface area contributed by atoms with Gasteiger partial charge in [0.05, 0.1) is 0 Å². The van der Waals surface area contributed by atoms with Crippen molar-refractivity contribution >= 4 is 18.5 Å². The lowest BCUT2D eigenvalue weighted by atomic mass is 9.87. The van der Waals surface area contributed by atoms with Gasteiger partial charge in [-0.05, 0) is 31.9 Å². The lowest BCUT2D eigenvalue weighted by molar-refractivity contribution is -0.122. The van der Waals surface area contributed by atoms with E-state index in [-0.39, 0.29) is 11.4 Å². The van der Waals surface area contributed by atoms with E-state index in [1.165, 1.54) is 0 Å². The van der Waals surface area contributed by atoms with Crippen LogP contribution in [-0.2, 0) is 4.79 Å². The molecule has 1 aliphatic carbocycles. The van der Waals surface area contributed by atoms with Gasteiger partial charge in [-0.1, -0.05) is 12.2 Å². The third kappa shape index (κ3) is 3.43. The normalized spacial score (nSPS) is 27.2. The Labute approximate surface area is 85.2 Å². The molecule has 74 valence electrons. The lowest BCUT2D eigenvalue weighted by Gasteiger charge is -2.31. The van der Waals surface area contributed by atoms with Crippen LogP contribution in [0.25, 0.3) is 0 Å². The Morgan fingerprint density at radius 3 is 2.92 bits per heavy atom. The van der Waals surface area contributed by atoms with Crippen LogP contribution in [0.15, 0.2) is 12.2 Å². The van der Waals surface area contributed by atoms with E-state index in [2.05, 4.69) is 37.0 Å². The highest BCUT2D eigenvalue weighted by atomic mass is 32.1. The fraction of sp³-hybridized carbons (Fsp3) is 0.700. The van der Waals surface area contributed by atoms with Crippen LogP contribution in [0.1, 0.15) is 32.6 Å². The maximum Gasteiger partial charge on any atom is 0.221 e. The number of carbonyl (C=O) groups is 1. The highest BCUT2D eigenvalue weighted by Gasteiger charge is 2.25. The number of carbonyl (C=O) groups excluding carboxylic acids is 1. The highest BCUT2D eigenvalue weighted by Crippen LogP contribution is 2.22. The quantitative estimate of drug-likeness (QED) is 0.528. The van der Waals surface area contributed by atoms with E-state index in [4.69, 9.17) is 0 Å². The number of nitrogens with one attached hydrogen (secondary N) is 1. The van der Waals surface area contributed by atoms with Crippen LogP contribution in [0.4, 0.5) is 0 Å². The summed E-state index contributed by atoms with van der Waals surface area (Å²) in [6.45, 7) is 2.10. The van der Waals surface area contributed by atoms with Crippen LogP contribution in [-0.4, -0.2) is 17.2 Å². The van der Waals surface area contributed by atoms with E-state index < -0.39 is 0 Å². The number of rotatable bonds is 3. The Morgan fingerprint density at radius 2 is 2.38 bits per heavy atom. The minimum atomic E-state index is -0.0191. The molecule has 0 aromatic carbocycles. The van der Waals surface area contributed by atoms with Crippen molar-refractivity contribution in [2.45, 2.75) is 38.1 Å². The van der Waals surface area contributed by atoms with Gasteiger partial charge < -0.3 is 5.32 Å². The lowest BCUT2D eigenvalue weighted by Crippen LogP contribution is -2.46. The first-order chi connectivity index (χ1) is 6.16. The molecule has 1 atom stereocenters. The van der Waals surface area contributed by atoms with Crippen molar-refractivity contribution in [3.8, 4) is 0 Å². The zero-order chi connectivity index (χ0) is 9.73. The summed E-state index contributed by atoms with van der Waals surface area (Å²) in [6.07, 6.45) is 7.89. The van der Waals surface area contributed by atoms with Crippen molar-refractivity contribution in [2.75, 3.05) is 5.75 Å². The predicted molar refractivity (Wildman–Crippen MR) is 58.0 cm³/mol. The predicted octanol–water partition coefficient (Wildman–Crippen LogP) is 1.92. The fourth-order valence-corrected chi connectivity index (χ4v) is 1.78. The van der Waals surface area contributed by atoms with E-state index in [0.29, 0.717) is 12.2 Å². The van der Waals surface area contributed by atoms with E-state index in [1.807, 2.05) is 0 Å². The average molecular weight is 199 g/mol. The molecule has 0 radical (unpaired) electrons. The van der Waals surface area contributed by atoms with E-state index in [0.717, 1.165) is 19.3 Å². The number of allylic oxidation sites excluding steroid dienone is 1. The Bertz CT molecular complexity index is 215. The van der Waals surface area contributed by atoms with Crippen molar-refractivity contribution in [1.82, 2.24) is 5.32 Å². The standard InChI is InChI=1S/C10H17NOS/c1-10(6-3-2-4-7-10)11-9(12)5-8-13/h2-3,13H,4-8H2,1H3,(H,11,12). The van der Waals surface area contributed by atoms with Crippen molar-refractivity contribution < 1.29 is 4.79 Å². The Hall–Kier alpha value is -0.440. The molecular weight excluding hydrogens is 182 g/mol. The average Bonchev–Trinajstić information content (AvgIpc) is 2.04. The van der Waals surface area contributed by atoms with Crippen LogP contribution in [0.2, 0.25) is 0 Å². The van der Waals surface area contributed by atoms with Gasteiger partial charge in [0.2, 0.25) is 5.91 Å². The number of thiol groups is 1. The maximum atomic E-state index is 11.3. The maximum absolute atomic E-state index is 11.3. The summed E-state index contributed by atoms with van der Waals surface area (Å²) in [6, 6.07) is 0. The number of hydrogen-bond acceptors (Lipinski definition) is 2. The molecule has 0 spiro atoms. The summed E-state index contributed by atoms with van der Waals surface area (Å²) >= 11 is 4.03. The van der Waals surface area contributed by atoms with Gasteiger partial charge in [-0.2, -0.15) is 12.6 Å². The van der Waals surface area contributed by atoms with Gasteiger partial charge in [-0.3, -0.25) is 4.79 Å². The van der Waals surface area contributed by atoms with Crippen LogP contribution in [0, 0.1) is 0 Å². The third-order valence-corrected chi connectivity index (χ3v) is 2.60.